The summed E-state index contributed by atoms with van der Waals surface area (Å²) in [6, 6.07) is -0.541. The zero-order valence-electron chi connectivity index (χ0n) is 43.5. The third-order valence-corrected chi connectivity index (χ3v) is 13.9. The molecule has 0 bridgehead atoms. The van der Waals surface area contributed by atoms with Crippen LogP contribution in [0.2, 0.25) is 0 Å². The van der Waals surface area contributed by atoms with Crippen LogP contribution >= 0.6 is 0 Å². The first-order valence-corrected chi connectivity index (χ1v) is 29.3. The summed E-state index contributed by atoms with van der Waals surface area (Å²) in [5, 5.41) is 23.2. The Labute approximate surface area is 400 Å². The molecule has 0 aromatic rings. The summed E-state index contributed by atoms with van der Waals surface area (Å²) in [6.07, 6.45) is 62.4. The predicted molar refractivity (Wildman–Crippen MR) is 278 cm³/mol. The Morgan fingerprint density at radius 1 is 0.375 bits per heavy atom. The fourth-order valence-corrected chi connectivity index (χ4v) is 9.41. The van der Waals surface area contributed by atoms with Crippen LogP contribution in [0.4, 0.5) is 0 Å². The number of nitrogens with one attached hydrogen (secondary N) is 1. The Morgan fingerprint density at radius 2 is 0.641 bits per heavy atom. The minimum atomic E-state index is -0.663. The second-order valence-corrected chi connectivity index (χ2v) is 20.3. The van der Waals surface area contributed by atoms with E-state index in [0.29, 0.717) is 25.9 Å². The van der Waals surface area contributed by atoms with E-state index >= 15 is 0 Å². The van der Waals surface area contributed by atoms with Gasteiger partial charge in [-0.1, -0.05) is 296 Å². The van der Waals surface area contributed by atoms with Gasteiger partial charge in [0.2, 0.25) is 5.91 Å². The number of unbranched alkanes of at least 4 members (excludes halogenated alkanes) is 44. The minimum Gasteiger partial charge on any atom is -0.466 e. The van der Waals surface area contributed by atoms with Crippen LogP contribution in [0, 0.1) is 0 Å². The molecule has 0 aromatic heterocycles. The first-order chi connectivity index (χ1) is 31.5. The lowest BCUT2D eigenvalue weighted by Gasteiger charge is -2.22. The number of rotatable bonds is 55. The van der Waals surface area contributed by atoms with Gasteiger partial charge in [0, 0.05) is 12.8 Å². The van der Waals surface area contributed by atoms with Crippen LogP contribution in [-0.4, -0.2) is 47.4 Å². The first-order valence-electron chi connectivity index (χ1n) is 29.3. The number of aliphatic hydroxyl groups is 2. The van der Waals surface area contributed by atoms with Crippen molar-refractivity contribution in [3.05, 3.63) is 0 Å². The second-order valence-electron chi connectivity index (χ2n) is 20.3. The number of hydrogen-bond donors (Lipinski definition) is 3. The van der Waals surface area contributed by atoms with Crippen LogP contribution in [0.25, 0.3) is 0 Å². The highest BCUT2D eigenvalue weighted by molar-refractivity contribution is 5.76. The van der Waals surface area contributed by atoms with Crippen molar-refractivity contribution >= 4 is 11.9 Å². The zero-order chi connectivity index (χ0) is 46.5. The van der Waals surface area contributed by atoms with E-state index in [4.69, 9.17) is 4.74 Å². The lowest BCUT2D eigenvalue weighted by atomic mass is 10.0. The summed E-state index contributed by atoms with van der Waals surface area (Å²) >= 11 is 0. The molecule has 2 atom stereocenters. The van der Waals surface area contributed by atoms with Crippen molar-refractivity contribution in [1.82, 2.24) is 5.32 Å². The second kappa shape index (κ2) is 54.5. The van der Waals surface area contributed by atoms with Gasteiger partial charge < -0.3 is 20.3 Å². The zero-order valence-corrected chi connectivity index (χ0v) is 43.5. The Bertz CT molecular complexity index is 913. The van der Waals surface area contributed by atoms with Crippen molar-refractivity contribution in [1.29, 1.82) is 0 Å². The quantitative estimate of drug-likeness (QED) is 0.0417. The van der Waals surface area contributed by atoms with Gasteiger partial charge >= 0.3 is 5.97 Å². The fourth-order valence-electron chi connectivity index (χ4n) is 9.41. The summed E-state index contributed by atoms with van der Waals surface area (Å²) in [4.78, 5) is 24.5. The molecule has 0 fully saturated rings. The average Bonchev–Trinajstić information content (AvgIpc) is 3.29. The Balaban J connectivity index is 3.36. The maximum Gasteiger partial charge on any atom is 0.305 e. The highest BCUT2D eigenvalue weighted by atomic mass is 16.5. The molecule has 0 saturated carbocycles. The van der Waals surface area contributed by atoms with E-state index in [9.17, 15) is 19.8 Å². The van der Waals surface area contributed by atoms with E-state index in [-0.39, 0.29) is 18.5 Å². The van der Waals surface area contributed by atoms with E-state index in [1.807, 2.05) is 0 Å². The Kier molecular flexibility index (Phi) is 53.5. The van der Waals surface area contributed by atoms with Gasteiger partial charge in [-0.25, -0.2) is 0 Å². The molecular formula is C58H115NO5. The number of amides is 1. The van der Waals surface area contributed by atoms with Gasteiger partial charge in [-0.15, -0.1) is 0 Å². The molecule has 2 unspecified atom stereocenters. The predicted octanol–water partition coefficient (Wildman–Crippen LogP) is 17.9. The Hall–Kier alpha value is -1.14. The van der Waals surface area contributed by atoms with Crippen LogP contribution < -0.4 is 5.32 Å². The molecule has 0 heterocycles. The lowest BCUT2D eigenvalue weighted by Crippen LogP contribution is -2.45. The number of esters is 1. The van der Waals surface area contributed by atoms with Crippen molar-refractivity contribution in [2.75, 3.05) is 13.2 Å². The van der Waals surface area contributed by atoms with Crippen LogP contribution in [0.5, 0.6) is 0 Å². The maximum absolute atomic E-state index is 12.4. The molecule has 6 nitrogen and oxygen atoms in total. The van der Waals surface area contributed by atoms with Crippen LogP contribution in [-0.2, 0) is 14.3 Å². The van der Waals surface area contributed by atoms with Crippen molar-refractivity contribution in [2.45, 2.75) is 347 Å². The van der Waals surface area contributed by atoms with Gasteiger partial charge in [0.15, 0.2) is 0 Å². The third-order valence-electron chi connectivity index (χ3n) is 13.9. The minimum absolute atomic E-state index is 0.0133. The molecule has 1 amide bonds. The molecule has 382 valence electrons. The summed E-state index contributed by atoms with van der Waals surface area (Å²) in [6.45, 7) is 4.97. The fraction of sp³-hybridized carbons (Fsp3) is 0.966. The van der Waals surface area contributed by atoms with Crippen molar-refractivity contribution in [2.24, 2.45) is 0 Å². The van der Waals surface area contributed by atoms with Crippen LogP contribution in [0.1, 0.15) is 335 Å². The van der Waals surface area contributed by atoms with E-state index in [1.165, 1.54) is 263 Å². The molecule has 3 N–H and O–H groups in total. The van der Waals surface area contributed by atoms with E-state index in [2.05, 4.69) is 19.2 Å². The number of carbonyl (C=O) groups is 2. The van der Waals surface area contributed by atoms with Crippen molar-refractivity contribution < 1.29 is 24.5 Å². The molecule has 0 aliphatic rings. The van der Waals surface area contributed by atoms with E-state index < -0.39 is 12.1 Å². The molecule has 0 aromatic carbocycles. The average molecular weight is 907 g/mol. The molecular weight excluding hydrogens is 791 g/mol. The smallest absolute Gasteiger partial charge is 0.305 e. The molecule has 0 aliphatic heterocycles. The molecule has 6 heteroatoms. The normalized spacial score (nSPS) is 12.5. The number of hydrogen-bond acceptors (Lipinski definition) is 5. The summed E-state index contributed by atoms with van der Waals surface area (Å²) < 4.78 is 5.49. The van der Waals surface area contributed by atoms with E-state index in [0.717, 1.165) is 38.5 Å². The summed E-state index contributed by atoms with van der Waals surface area (Å²) in [7, 11) is 0. The van der Waals surface area contributed by atoms with Gasteiger partial charge in [-0.3, -0.25) is 9.59 Å². The lowest BCUT2D eigenvalue weighted by molar-refractivity contribution is -0.143. The van der Waals surface area contributed by atoms with Gasteiger partial charge in [0.05, 0.1) is 25.4 Å². The molecule has 0 aliphatic carbocycles. The van der Waals surface area contributed by atoms with Crippen molar-refractivity contribution in [3.8, 4) is 0 Å². The number of ether oxygens (including phenoxy) is 1. The maximum atomic E-state index is 12.4. The van der Waals surface area contributed by atoms with Gasteiger partial charge in [0.25, 0.3) is 0 Å². The Morgan fingerprint density at radius 3 is 0.953 bits per heavy atom. The summed E-state index contributed by atoms with van der Waals surface area (Å²) in [5.74, 6) is -0.0231. The highest BCUT2D eigenvalue weighted by Crippen LogP contribution is 2.18. The third kappa shape index (κ3) is 50.3. The molecule has 0 rings (SSSR count). The largest absolute Gasteiger partial charge is 0.466 e. The monoisotopic (exact) mass is 906 g/mol. The van der Waals surface area contributed by atoms with Crippen molar-refractivity contribution in [3.63, 3.8) is 0 Å². The van der Waals surface area contributed by atoms with Crippen LogP contribution in [0.15, 0.2) is 0 Å². The van der Waals surface area contributed by atoms with Gasteiger partial charge in [0.1, 0.15) is 0 Å². The molecule has 0 radical (unpaired) electrons. The van der Waals surface area contributed by atoms with Gasteiger partial charge in [-0.05, 0) is 25.7 Å². The number of aliphatic hydroxyl groups excluding tert-OH is 2. The molecule has 0 spiro atoms. The first kappa shape index (κ1) is 62.9. The number of carbonyl (C=O) groups excluding carboxylic acids is 2. The molecule has 64 heavy (non-hydrogen) atoms. The SMILES string of the molecule is CCCCCCCCCCCCCCCCCCC(=O)OCCCCCCCCCCCCCCCCCCCCCC(=O)NC(CO)C(O)CCCCCCCCCCCCCC. The standard InChI is InChI=1S/C58H115NO5/c1-3-5-7-9-11-13-15-17-18-25-28-32-36-40-44-48-52-58(63)64-53-49-45-41-37-33-29-26-23-21-19-20-22-24-27-31-35-39-43-47-51-57(62)59-55(54-60)56(61)50-46-42-38-34-30-16-14-12-10-8-6-4-2/h55-56,60-61H,3-54H2,1-2H3,(H,59,62). The highest BCUT2D eigenvalue weighted by Gasteiger charge is 2.20. The van der Waals surface area contributed by atoms with Crippen LogP contribution in [0.3, 0.4) is 0 Å². The summed E-state index contributed by atoms with van der Waals surface area (Å²) in [5.41, 5.74) is 0. The molecule has 0 saturated heterocycles. The topological polar surface area (TPSA) is 95.9 Å². The van der Waals surface area contributed by atoms with E-state index in [1.54, 1.807) is 0 Å². The van der Waals surface area contributed by atoms with Gasteiger partial charge in [-0.2, -0.15) is 0 Å².